The van der Waals surface area contributed by atoms with Crippen molar-refractivity contribution in [3.8, 4) is 0 Å². The van der Waals surface area contributed by atoms with Gasteiger partial charge < -0.3 is 0 Å². The molecule has 44 heavy (non-hydrogen) atoms. The van der Waals surface area contributed by atoms with Gasteiger partial charge in [-0.2, -0.15) is 0 Å². The molecule has 0 N–H and O–H groups in total. The van der Waals surface area contributed by atoms with Gasteiger partial charge in [0.2, 0.25) is 0 Å². The number of halogens is 6. The Kier molecular flexibility index (Phi) is 15.1. The van der Waals surface area contributed by atoms with E-state index in [4.69, 9.17) is 0 Å². The summed E-state index contributed by atoms with van der Waals surface area (Å²) in [5, 5.41) is 5.89. The minimum Gasteiger partial charge on any atom is -0.0622 e. The molecule has 1 aliphatic carbocycles. The van der Waals surface area contributed by atoms with Gasteiger partial charge in [0.1, 0.15) is 0 Å². The average molecular weight is 754 g/mol. The zero-order chi connectivity index (χ0) is 31.1. The molecule has 0 unspecified atom stereocenters. The zero-order valence-corrected chi connectivity index (χ0v) is 28.4. The second-order valence-electron chi connectivity index (χ2n) is 9.70. The van der Waals surface area contributed by atoms with Crippen molar-refractivity contribution in [1.82, 2.24) is 0 Å². The average Bonchev–Trinajstić information content (AvgIpc) is 2.96. The van der Waals surface area contributed by atoms with Crippen LogP contribution >= 0.6 is 23.7 Å². The van der Waals surface area contributed by atoms with Gasteiger partial charge in [-0.05, 0) is 75.1 Å². The maximum Gasteiger partial charge on any atom is 0 e. The van der Waals surface area contributed by atoms with E-state index in [1.54, 1.807) is 0 Å². The van der Waals surface area contributed by atoms with Crippen LogP contribution in [0.25, 0.3) is 0 Å². The van der Waals surface area contributed by atoms with E-state index in [2.05, 4.69) is 146 Å². The van der Waals surface area contributed by atoms with Crippen LogP contribution in [0.3, 0.4) is 0 Å². The molecular weight excluding hydrogens is 718 g/mol. The van der Waals surface area contributed by atoms with Gasteiger partial charge in [-0.25, -0.2) is 0 Å². The molecule has 0 amide bonds. The first-order chi connectivity index (χ1) is 20.4. The summed E-state index contributed by atoms with van der Waals surface area (Å²) in [5.41, 5.74) is 0. The maximum atomic E-state index is 9.87. The van der Waals surface area contributed by atoms with E-state index in [-0.39, 0.29) is 35.3 Å². The van der Waals surface area contributed by atoms with Crippen LogP contribution < -0.4 is 21.2 Å². The topological polar surface area (TPSA) is 0 Å². The Balaban J connectivity index is 0.000000348. The molecule has 0 saturated heterocycles. The second kappa shape index (κ2) is 17.5. The Labute approximate surface area is 272 Å². The Bertz CT molecular complexity index is 1200. The third kappa shape index (κ3) is 17.4. The summed E-state index contributed by atoms with van der Waals surface area (Å²) < 4.78 is 59.2. The summed E-state index contributed by atoms with van der Waals surface area (Å²) in [6.45, 7) is 0. The van der Waals surface area contributed by atoms with Gasteiger partial charge in [-0.1, -0.05) is 146 Å². The Morgan fingerprint density at radius 3 is 0.750 bits per heavy atom. The molecule has 0 nitrogen and oxygen atoms in total. The monoisotopic (exact) mass is 754 g/mol. The van der Waals surface area contributed by atoms with Crippen molar-refractivity contribution in [1.29, 1.82) is 0 Å². The number of allylic oxidation sites excluding steroid dienone is 4. The minimum absolute atomic E-state index is 0. The largest absolute Gasteiger partial charge is 0.0622 e. The summed E-state index contributed by atoms with van der Waals surface area (Å²) >= 11 is 0. The standard InChI is InChI=1S/C26H24P2.C8H12.F6P.Rh/c1-5-13-23(14-6-1)27(24-15-7-2-8-16-24)21-22-28(25-17-9-3-10-18-25)26-19-11-4-12-20-26;1-2-4-6-8-7-5-3-1;1-7(2,3,4,5)6;/h1-20H,21-22H2;1-2,7-8H,3-6H2;;/q;;-1;/b;2-1-,8-7-;;. The molecule has 0 bridgehead atoms. The van der Waals surface area contributed by atoms with Crippen LogP contribution in [0.1, 0.15) is 25.7 Å². The van der Waals surface area contributed by atoms with Crippen LogP contribution in [-0.2, 0) is 19.5 Å². The van der Waals surface area contributed by atoms with Crippen LogP contribution in [0.15, 0.2) is 146 Å². The normalized spacial score (nSPS) is 15.8. The molecule has 0 saturated carbocycles. The molecule has 4 aromatic carbocycles. The smallest absolute Gasteiger partial charge is 0 e. The molecule has 0 spiro atoms. The van der Waals surface area contributed by atoms with Crippen molar-refractivity contribution in [2.75, 3.05) is 12.3 Å². The number of hydrogen-bond donors (Lipinski definition) is 0. The van der Waals surface area contributed by atoms with Crippen molar-refractivity contribution in [2.24, 2.45) is 0 Å². The SMILES string of the molecule is C1=C\CC/C=C\CC/1.F[P-](F)(F)(F)(F)F.[Rh].c1ccc(P(CCP(c2ccccc2)c2ccccc2)c2ccccc2)cc1. The summed E-state index contributed by atoms with van der Waals surface area (Å²) in [5.74, 6) is 0. The third-order valence-electron chi connectivity index (χ3n) is 6.15. The van der Waals surface area contributed by atoms with Gasteiger partial charge in [-0.15, -0.1) is 0 Å². The molecule has 0 heterocycles. The zero-order valence-electron chi connectivity index (χ0n) is 24.0. The molecule has 0 aromatic heterocycles. The minimum atomic E-state index is -10.7. The number of benzene rings is 4. The fourth-order valence-electron chi connectivity index (χ4n) is 4.30. The molecular formula is C34H36F6P3Rh-. The van der Waals surface area contributed by atoms with Crippen LogP contribution in [0.2, 0.25) is 0 Å². The van der Waals surface area contributed by atoms with Crippen LogP contribution in [0.4, 0.5) is 25.2 Å². The van der Waals surface area contributed by atoms with Gasteiger partial charge in [0.15, 0.2) is 0 Å². The van der Waals surface area contributed by atoms with E-state index >= 15 is 0 Å². The number of hydrogen-bond acceptors (Lipinski definition) is 0. The molecule has 0 fully saturated rings. The van der Waals surface area contributed by atoms with E-state index in [1.165, 1.54) is 59.2 Å². The van der Waals surface area contributed by atoms with E-state index in [9.17, 15) is 25.2 Å². The fourth-order valence-corrected chi connectivity index (χ4v) is 9.66. The summed E-state index contributed by atoms with van der Waals surface area (Å²) in [7, 11) is -11.4. The molecule has 5 rings (SSSR count). The quantitative estimate of drug-likeness (QED) is 0.0763. The summed E-state index contributed by atoms with van der Waals surface area (Å²) in [4.78, 5) is 0. The summed E-state index contributed by atoms with van der Waals surface area (Å²) in [6.07, 6.45) is 16.4. The van der Waals surface area contributed by atoms with Crippen molar-refractivity contribution in [3.63, 3.8) is 0 Å². The third-order valence-corrected chi connectivity index (χ3v) is 11.5. The summed E-state index contributed by atoms with van der Waals surface area (Å²) in [6, 6.07) is 44.2. The van der Waals surface area contributed by atoms with Gasteiger partial charge in [-0.3, -0.25) is 0 Å². The van der Waals surface area contributed by atoms with Gasteiger partial charge in [0, 0.05) is 19.5 Å². The van der Waals surface area contributed by atoms with Crippen molar-refractivity contribution in [2.45, 2.75) is 25.7 Å². The molecule has 0 aliphatic heterocycles. The predicted octanol–water partition coefficient (Wildman–Crippen LogP) is 11.3. The first-order valence-corrected chi connectivity index (χ1v) is 19.1. The van der Waals surface area contributed by atoms with Gasteiger partial charge >= 0.3 is 33.0 Å². The van der Waals surface area contributed by atoms with Crippen LogP contribution in [0, 0.1) is 0 Å². The Hall–Kier alpha value is -2.15. The van der Waals surface area contributed by atoms with E-state index in [0.29, 0.717) is 0 Å². The number of rotatable bonds is 7. The molecule has 1 radical (unpaired) electrons. The fraction of sp³-hybridized carbons (Fsp3) is 0.176. The molecule has 10 heteroatoms. The molecule has 0 atom stereocenters. The molecule has 1 aliphatic rings. The molecule has 239 valence electrons. The first kappa shape index (κ1) is 38.0. The molecule has 4 aromatic rings. The van der Waals surface area contributed by atoms with E-state index < -0.39 is 7.81 Å². The predicted molar refractivity (Wildman–Crippen MR) is 178 cm³/mol. The van der Waals surface area contributed by atoms with Crippen LogP contribution in [0.5, 0.6) is 0 Å². The van der Waals surface area contributed by atoms with E-state index in [1.807, 2.05) is 0 Å². The Morgan fingerprint density at radius 1 is 0.386 bits per heavy atom. The second-order valence-corrected chi connectivity index (χ2v) is 16.3. The van der Waals surface area contributed by atoms with E-state index in [0.717, 1.165) is 0 Å². The van der Waals surface area contributed by atoms with Gasteiger partial charge in [0.05, 0.1) is 0 Å². The van der Waals surface area contributed by atoms with Crippen molar-refractivity contribution in [3.05, 3.63) is 146 Å². The van der Waals surface area contributed by atoms with Crippen molar-refractivity contribution < 1.29 is 44.7 Å². The maximum absolute atomic E-state index is 10.7. The Morgan fingerprint density at radius 2 is 0.568 bits per heavy atom. The van der Waals surface area contributed by atoms with Crippen LogP contribution in [-0.4, -0.2) is 12.3 Å². The first-order valence-electron chi connectivity index (χ1n) is 14.0. The van der Waals surface area contributed by atoms with Gasteiger partial charge in [0.25, 0.3) is 0 Å². The van der Waals surface area contributed by atoms with Crippen molar-refractivity contribution >= 4 is 44.9 Å².